The molecule has 1 saturated heterocycles. The number of amides is 1. The van der Waals surface area contributed by atoms with Crippen LogP contribution in [0, 0.1) is 5.82 Å². The van der Waals surface area contributed by atoms with Crippen molar-refractivity contribution in [3.63, 3.8) is 0 Å². The Morgan fingerprint density at radius 3 is 2.42 bits per heavy atom. The van der Waals surface area contributed by atoms with Crippen molar-refractivity contribution < 1.29 is 22.3 Å². The number of benzene rings is 2. The number of nitrogens with zero attached hydrogens (tertiary/aromatic N) is 2. The lowest BCUT2D eigenvalue weighted by atomic mass is 10.1. The molecule has 3 rings (SSSR count). The molecular formula is C22H24ClFN2O4S. The van der Waals surface area contributed by atoms with E-state index in [-0.39, 0.29) is 45.8 Å². The lowest BCUT2D eigenvalue weighted by molar-refractivity contribution is -0.0586. The number of sulfonamides is 1. The molecular weight excluding hydrogens is 443 g/mol. The van der Waals surface area contributed by atoms with Gasteiger partial charge in [-0.3, -0.25) is 9.10 Å². The van der Waals surface area contributed by atoms with Crippen LogP contribution in [0.1, 0.15) is 24.2 Å². The van der Waals surface area contributed by atoms with Gasteiger partial charge in [0.05, 0.1) is 29.5 Å². The number of carbonyl (C=O) groups excluding carboxylic acids is 1. The predicted molar refractivity (Wildman–Crippen MR) is 118 cm³/mol. The first-order valence-corrected chi connectivity index (χ1v) is 11.6. The van der Waals surface area contributed by atoms with E-state index < -0.39 is 15.8 Å². The number of hydrogen-bond donors (Lipinski definition) is 0. The lowest BCUT2D eigenvalue weighted by Gasteiger charge is -2.35. The van der Waals surface area contributed by atoms with Crippen molar-refractivity contribution in [3.05, 3.63) is 71.5 Å². The number of carbonyl (C=O) groups is 1. The highest BCUT2D eigenvalue weighted by Crippen LogP contribution is 2.30. The number of rotatable bonds is 6. The summed E-state index contributed by atoms with van der Waals surface area (Å²) in [4.78, 5) is 14.5. The second-order valence-corrected chi connectivity index (χ2v) is 9.65. The smallest absolute Gasteiger partial charge is 0.266 e. The van der Waals surface area contributed by atoms with Gasteiger partial charge < -0.3 is 9.64 Å². The maximum absolute atomic E-state index is 13.4. The van der Waals surface area contributed by atoms with Crippen LogP contribution in [-0.4, -0.2) is 51.1 Å². The minimum Gasteiger partial charge on any atom is -0.372 e. The molecule has 1 amide bonds. The summed E-state index contributed by atoms with van der Waals surface area (Å²) in [5.74, 6) is -0.786. The maximum Gasteiger partial charge on any atom is 0.266 e. The van der Waals surface area contributed by atoms with E-state index in [9.17, 15) is 17.6 Å². The minimum atomic E-state index is -4.16. The highest BCUT2D eigenvalue weighted by molar-refractivity contribution is 7.93. The molecule has 0 unspecified atom stereocenters. The lowest BCUT2D eigenvalue weighted by Crippen LogP contribution is -2.48. The van der Waals surface area contributed by atoms with Gasteiger partial charge >= 0.3 is 0 Å². The summed E-state index contributed by atoms with van der Waals surface area (Å²) in [5.41, 5.74) is 0.465. The fourth-order valence-electron chi connectivity index (χ4n) is 3.55. The third-order valence-corrected chi connectivity index (χ3v) is 7.14. The molecule has 1 aliphatic rings. The second kappa shape index (κ2) is 9.38. The van der Waals surface area contributed by atoms with E-state index >= 15 is 0 Å². The average molecular weight is 467 g/mol. The van der Waals surface area contributed by atoms with Crippen LogP contribution < -0.4 is 4.31 Å². The fraction of sp³-hybridized carbons (Fsp3) is 0.318. The molecule has 166 valence electrons. The van der Waals surface area contributed by atoms with Gasteiger partial charge in [-0.15, -0.1) is 6.58 Å². The van der Waals surface area contributed by atoms with E-state index in [2.05, 4.69) is 6.58 Å². The Kier molecular flexibility index (Phi) is 7.03. The summed E-state index contributed by atoms with van der Waals surface area (Å²) >= 11 is 6.24. The number of halogens is 2. The Morgan fingerprint density at radius 2 is 1.84 bits per heavy atom. The summed E-state index contributed by atoms with van der Waals surface area (Å²) < 4.78 is 46.9. The Bertz CT molecular complexity index is 1070. The zero-order valence-corrected chi connectivity index (χ0v) is 18.9. The van der Waals surface area contributed by atoms with Crippen LogP contribution in [0.25, 0.3) is 0 Å². The van der Waals surface area contributed by atoms with E-state index in [1.165, 1.54) is 48.5 Å². The van der Waals surface area contributed by atoms with Gasteiger partial charge in [-0.1, -0.05) is 17.7 Å². The largest absolute Gasteiger partial charge is 0.372 e. The van der Waals surface area contributed by atoms with Gasteiger partial charge in [0.25, 0.3) is 15.9 Å². The predicted octanol–water partition coefficient (Wildman–Crippen LogP) is 4.11. The zero-order valence-electron chi connectivity index (χ0n) is 17.3. The Morgan fingerprint density at radius 1 is 1.23 bits per heavy atom. The van der Waals surface area contributed by atoms with Crippen molar-refractivity contribution in [1.82, 2.24) is 4.90 Å². The van der Waals surface area contributed by atoms with E-state index in [1.807, 2.05) is 13.8 Å². The molecule has 0 radical (unpaired) electrons. The summed E-state index contributed by atoms with van der Waals surface area (Å²) in [6.07, 6.45) is 1.18. The Labute approximate surface area is 186 Å². The number of ether oxygens (including phenoxy) is 1. The number of morpholine rings is 1. The molecule has 2 aromatic rings. The van der Waals surface area contributed by atoms with Gasteiger partial charge in [-0.05, 0) is 56.3 Å². The minimum absolute atomic E-state index is 0.0172. The molecule has 2 atom stereocenters. The monoisotopic (exact) mass is 466 g/mol. The van der Waals surface area contributed by atoms with E-state index in [4.69, 9.17) is 16.3 Å². The molecule has 31 heavy (non-hydrogen) atoms. The van der Waals surface area contributed by atoms with Crippen molar-refractivity contribution in [3.8, 4) is 0 Å². The van der Waals surface area contributed by atoms with Gasteiger partial charge in [-0.25, -0.2) is 12.8 Å². The van der Waals surface area contributed by atoms with Crippen LogP contribution in [0.5, 0.6) is 0 Å². The first kappa shape index (κ1) is 23.2. The quantitative estimate of drug-likeness (QED) is 0.601. The Hall–Kier alpha value is -2.42. The van der Waals surface area contributed by atoms with Crippen LogP contribution in [0.4, 0.5) is 10.1 Å². The average Bonchev–Trinajstić information content (AvgIpc) is 2.71. The van der Waals surface area contributed by atoms with Crippen LogP contribution in [0.15, 0.2) is 60.0 Å². The van der Waals surface area contributed by atoms with Crippen LogP contribution in [-0.2, 0) is 14.8 Å². The first-order chi connectivity index (χ1) is 14.6. The summed E-state index contributed by atoms with van der Waals surface area (Å²) in [7, 11) is -4.16. The second-order valence-electron chi connectivity index (χ2n) is 7.41. The molecule has 0 N–H and O–H groups in total. The standard InChI is InChI=1S/C22H24ClFN2O4S/c1-4-11-26(19-8-6-18(24)7-9-19)31(28,29)21-12-17(5-10-20(21)23)22(27)25-13-15(2)30-16(3)14-25/h4-10,12,15-16H,1,11,13-14H2,2-3H3/t15-,16+. The maximum atomic E-state index is 13.4. The molecule has 0 aliphatic carbocycles. The summed E-state index contributed by atoms with van der Waals surface area (Å²) in [5, 5.41) is -0.0172. The zero-order chi connectivity index (χ0) is 22.8. The van der Waals surface area contributed by atoms with E-state index in [0.717, 1.165) is 4.31 Å². The van der Waals surface area contributed by atoms with E-state index in [1.54, 1.807) is 4.90 Å². The molecule has 1 heterocycles. The van der Waals surface area contributed by atoms with Gasteiger partial charge in [0.15, 0.2) is 0 Å². The molecule has 0 bridgehead atoms. The molecule has 1 fully saturated rings. The van der Waals surface area contributed by atoms with Gasteiger partial charge in [-0.2, -0.15) is 0 Å². The fourth-order valence-corrected chi connectivity index (χ4v) is 5.48. The Balaban J connectivity index is 1.99. The van der Waals surface area contributed by atoms with Crippen molar-refractivity contribution in [2.24, 2.45) is 0 Å². The first-order valence-electron chi connectivity index (χ1n) is 9.77. The molecule has 0 aromatic heterocycles. The third kappa shape index (κ3) is 5.08. The topological polar surface area (TPSA) is 66.9 Å². The molecule has 0 spiro atoms. The molecule has 6 nitrogen and oxygen atoms in total. The van der Waals surface area contributed by atoms with Gasteiger partial charge in [0.2, 0.25) is 0 Å². The molecule has 1 aliphatic heterocycles. The van der Waals surface area contributed by atoms with Gasteiger partial charge in [0, 0.05) is 18.7 Å². The van der Waals surface area contributed by atoms with E-state index in [0.29, 0.717) is 13.1 Å². The number of hydrogen-bond acceptors (Lipinski definition) is 4. The summed E-state index contributed by atoms with van der Waals surface area (Å²) in [6, 6.07) is 9.23. The molecule has 0 saturated carbocycles. The summed E-state index contributed by atoms with van der Waals surface area (Å²) in [6.45, 7) is 8.13. The van der Waals surface area contributed by atoms with Crippen molar-refractivity contribution in [2.75, 3.05) is 23.9 Å². The highest BCUT2D eigenvalue weighted by atomic mass is 35.5. The van der Waals surface area contributed by atoms with Crippen LogP contribution >= 0.6 is 11.6 Å². The molecule has 2 aromatic carbocycles. The highest BCUT2D eigenvalue weighted by Gasteiger charge is 2.30. The third-order valence-electron chi connectivity index (χ3n) is 4.86. The SMILES string of the molecule is C=CCN(c1ccc(F)cc1)S(=O)(=O)c1cc(C(=O)N2C[C@@H](C)O[C@@H](C)C2)ccc1Cl. The van der Waals surface area contributed by atoms with Gasteiger partial charge in [0.1, 0.15) is 10.7 Å². The van der Waals surface area contributed by atoms with Crippen molar-refractivity contribution in [1.29, 1.82) is 0 Å². The molecule has 9 heteroatoms. The number of anilines is 1. The van der Waals surface area contributed by atoms with Crippen LogP contribution in [0.3, 0.4) is 0 Å². The van der Waals surface area contributed by atoms with Crippen molar-refractivity contribution in [2.45, 2.75) is 31.0 Å². The van der Waals surface area contributed by atoms with Crippen molar-refractivity contribution >= 4 is 33.2 Å². The normalized spacial score (nSPS) is 19.2. The van der Waals surface area contributed by atoms with Crippen LogP contribution in [0.2, 0.25) is 5.02 Å².